The van der Waals surface area contributed by atoms with Gasteiger partial charge in [-0.05, 0) is 19.1 Å². The van der Waals surface area contributed by atoms with Gasteiger partial charge in [0.1, 0.15) is 6.61 Å². The summed E-state index contributed by atoms with van der Waals surface area (Å²) in [6.45, 7) is 8.91. The van der Waals surface area contributed by atoms with Crippen molar-refractivity contribution in [3.05, 3.63) is 12.7 Å². The summed E-state index contributed by atoms with van der Waals surface area (Å²) in [5.41, 5.74) is 0. The van der Waals surface area contributed by atoms with Crippen LogP contribution in [0, 0.1) is 0 Å². The lowest BCUT2D eigenvalue weighted by atomic mass is 10.6. The van der Waals surface area contributed by atoms with Crippen LogP contribution in [0.3, 0.4) is 0 Å². The maximum atomic E-state index is 10.6. The van der Waals surface area contributed by atoms with E-state index in [2.05, 4.69) is 19.7 Å². The highest BCUT2D eigenvalue weighted by Crippen LogP contribution is 2.08. The predicted octanol–water partition coefficient (Wildman–Crippen LogP) is 1.58. The first kappa shape index (κ1) is 14.3. The molecule has 0 aromatic rings. The number of carbonyl (C=O) groups is 1. The summed E-state index contributed by atoms with van der Waals surface area (Å²) in [7, 11) is 0.219. The van der Waals surface area contributed by atoms with Crippen LogP contribution in [0.25, 0.3) is 0 Å². The molecular weight excluding hydrogens is 212 g/mol. The Bertz CT molecular complexity index is 204. The first-order valence-electron chi connectivity index (χ1n) is 4.94. The summed E-state index contributed by atoms with van der Waals surface area (Å²) >= 11 is 0. The number of carbonyl (C=O) groups excluding carboxylic acids is 1. The number of hydrogen-bond donors (Lipinski definition) is 0. The van der Waals surface area contributed by atoms with Crippen molar-refractivity contribution in [1.82, 2.24) is 0 Å². The molecule has 0 aromatic carbocycles. The molecule has 0 fully saturated rings. The minimum absolute atomic E-state index is 0.278. The lowest BCUT2D eigenvalue weighted by molar-refractivity contribution is -0.139. The van der Waals surface area contributed by atoms with Crippen LogP contribution in [0.5, 0.6) is 0 Å². The van der Waals surface area contributed by atoms with E-state index in [1.54, 1.807) is 7.11 Å². The third-order valence-electron chi connectivity index (χ3n) is 2.04. The molecule has 0 atom stereocenters. The van der Waals surface area contributed by atoms with Gasteiger partial charge in [0.15, 0.2) is 8.32 Å². The van der Waals surface area contributed by atoms with Gasteiger partial charge in [-0.15, -0.1) is 0 Å². The van der Waals surface area contributed by atoms with Crippen LogP contribution in [0.1, 0.15) is 0 Å². The maximum Gasteiger partial charge on any atom is 0.330 e. The van der Waals surface area contributed by atoms with Gasteiger partial charge in [0.05, 0.1) is 6.61 Å². The van der Waals surface area contributed by atoms with Crippen LogP contribution >= 0.6 is 0 Å². The van der Waals surface area contributed by atoms with E-state index >= 15 is 0 Å². The van der Waals surface area contributed by atoms with Crippen LogP contribution in [0.4, 0.5) is 0 Å². The van der Waals surface area contributed by atoms with Crippen molar-refractivity contribution in [3.8, 4) is 0 Å². The molecule has 0 amide bonds. The summed E-state index contributed by atoms with van der Waals surface area (Å²) in [5, 5.41) is 0. The monoisotopic (exact) mass is 232 g/mol. The van der Waals surface area contributed by atoms with Crippen molar-refractivity contribution in [1.29, 1.82) is 0 Å². The topological polar surface area (TPSA) is 44.8 Å². The minimum Gasteiger partial charge on any atom is -0.460 e. The molecule has 0 aromatic heterocycles. The van der Waals surface area contributed by atoms with Crippen LogP contribution in [0.15, 0.2) is 12.7 Å². The van der Waals surface area contributed by atoms with Gasteiger partial charge in [0, 0.05) is 19.8 Å². The van der Waals surface area contributed by atoms with Crippen LogP contribution < -0.4 is 0 Å². The van der Waals surface area contributed by atoms with Crippen molar-refractivity contribution in [2.24, 2.45) is 0 Å². The van der Waals surface area contributed by atoms with Crippen molar-refractivity contribution in [2.45, 2.75) is 19.1 Å². The van der Waals surface area contributed by atoms with E-state index in [9.17, 15) is 4.79 Å². The van der Waals surface area contributed by atoms with E-state index < -0.39 is 14.3 Å². The highest BCUT2D eigenvalue weighted by Gasteiger charge is 2.19. The third-order valence-corrected chi connectivity index (χ3v) is 4.55. The SMILES string of the molecule is C=CC(=O)OCCOCC[Si](C)(C)OC. The van der Waals surface area contributed by atoms with E-state index in [1.807, 2.05) is 0 Å². The second-order valence-corrected chi connectivity index (χ2v) is 8.13. The Morgan fingerprint density at radius 1 is 1.33 bits per heavy atom. The molecule has 0 spiro atoms. The van der Waals surface area contributed by atoms with E-state index in [0.717, 1.165) is 12.1 Å². The van der Waals surface area contributed by atoms with Gasteiger partial charge in [-0.25, -0.2) is 4.79 Å². The second kappa shape index (κ2) is 7.61. The van der Waals surface area contributed by atoms with E-state index in [-0.39, 0.29) is 6.61 Å². The predicted molar refractivity (Wildman–Crippen MR) is 61.3 cm³/mol. The molecule has 0 aliphatic rings. The van der Waals surface area contributed by atoms with Crippen molar-refractivity contribution in [3.63, 3.8) is 0 Å². The van der Waals surface area contributed by atoms with Gasteiger partial charge >= 0.3 is 5.97 Å². The van der Waals surface area contributed by atoms with Gasteiger partial charge < -0.3 is 13.9 Å². The molecule has 5 heteroatoms. The average Bonchev–Trinajstić information content (AvgIpc) is 2.22. The lowest BCUT2D eigenvalue weighted by Crippen LogP contribution is -2.30. The molecule has 0 rings (SSSR count). The van der Waals surface area contributed by atoms with E-state index in [1.165, 1.54) is 0 Å². The Hall–Kier alpha value is -0.653. The van der Waals surface area contributed by atoms with Gasteiger partial charge in [0.25, 0.3) is 0 Å². The quantitative estimate of drug-likeness (QED) is 0.276. The molecule has 0 aliphatic heterocycles. The lowest BCUT2D eigenvalue weighted by Gasteiger charge is -2.19. The molecule has 0 bridgehead atoms. The smallest absolute Gasteiger partial charge is 0.330 e. The summed E-state index contributed by atoms with van der Waals surface area (Å²) < 4.78 is 15.4. The Morgan fingerprint density at radius 2 is 2.00 bits per heavy atom. The van der Waals surface area contributed by atoms with E-state index in [4.69, 9.17) is 13.9 Å². The summed E-state index contributed by atoms with van der Waals surface area (Å²) in [5.74, 6) is -0.412. The summed E-state index contributed by atoms with van der Waals surface area (Å²) in [6.07, 6.45) is 1.14. The standard InChI is InChI=1S/C10H20O4Si/c1-5-10(11)14-7-6-13-8-9-15(3,4)12-2/h5H,1,6-9H2,2-4H3. The first-order valence-corrected chi connectivity index (χ1v) is 8.05. The molecule has 0 aliphatic carbocycles. The fraction of sp³-hybridized carbons (Fsp3) is 0.700. The first-order chi connectivity index (χ1) is 7.02. The number of esters is 1. The summed E-state index contributed by atoms with van der Waals surface area (Å²) in [4.78, 5) is 10.6. The molecule has 15 heavy (non-hydrogen) atoms. The molecular formula is C10H20O4Si. The van der Waals surface area contributed by atoms with Gasteiger partial charge in [-0.3, -0.25) is 0 Å². The Kier molecular flexibility index (Phi) is 7.28. The van der Waals surface area contributed by atoms with E-state index in [0.29, 0.717) is 13.2 Å². The highest BCUT2D eigenvalue weighted by molar-refractivity contribution is 6.71. The second-order valence-electron chi connectivity index (χ2n) is 3.70. The minimum atomic E-state index is -1.52. The zero-order valence-electron chi connectivity index (χ0n) is 9.75. The third kappa shape index (κ3) is 8.35. The molecule has 0 radical (unpaired) electrons. The largest absolute Gasteiger partial charge is 0.460 e. The number of ether oxygens (including phenoxy) is 2. The molecule has 0 heterocycles. The Morgan fingerprint density at radius 3 is 2.53 bits per heavy atom. The molecule has 0 N–H and O–H groups in total. The fourth-order valence-corrected chi connectivity index (χ4v) is 1.62. The van der Waals surface area contributed by atoms with Crippen LogP contribution in [-0.2, 0) is 18.7 Å². The summed E-state index contributed by atoms with van der Waals surface area (Å²) in [6, 6.07) is 0.943. The van der Waals surface area contributed by atoms with Gasteiger partial charge in [-0.2, -0.15) is 0 Å². The highest BCUT2D eigenvalue weighted by atomic mass is 28.4. The molecule has 4 nitrogen and oxygen atoms in total. The number of hydrogen-bond acceptors (Lipinski definition) is 4. The molecule has 88 valence electrons. The molecule has 0 saturated heterocycles. The maximum absolute atomic E-state index is 10.6. The average molecular weight is 232 g/mol. The van der Waals surface area contributed by atoms with Gasteiger partial charge in [-0.1, -0.05) is 6.58 Å². The Labute approximate surface area is 92.3 Å². The zero-order chi connectivity index (χ0) is 11.7. The Balaban J connectivity index is 3.32. The normalized spacial score (nSPS) is 11.1. The molecule has 0 unspecified atom stereocenters. The molecule has 0 saturated carbocycles. The van der Waals surface area contributed by atoms with Crippen molar-refractivity contribution in [2.75, 3.05) is 26.9 Å². The fourth-order valence-electron chi connectivity index (χ4n) is 0.782. The van der Waals surface area contributed by atoms with Crippen LogP contribution in [0.2, 0.25) is 19.1 Å². The number of rotatable bonds is 8. The van der Waals surface area contributed by atoms with Crippen LogP contribution in [-0.4, -0.2) is 41.2 Å². The van der Waals surface area contributed by atoms with Gasteiger partial charge in [0.2, 0.25) is 0 Å². The zero-order valence-corrected chi connectivity index (χ0v) is 10.7. The van der Waals surface area contributed by atoms with Crippen molar-refractivity contribution >= 4 is 14.3 Å². The van der Waals surface area contributed by atoms with Crippen molar-refractivity contribution < 1.29 is 18.7 Å².